The van der Waals surface area contributed by atoms with Crippen molar-refractivity contribution in [1.82, 2.24) is 13.7 Å². The van der Waals surface area contributed by atoms with E-state index in [4.69, 9.17) is 0 Å². The van der Waals surface area contributed by atoms with Gasteiger partial charge in [-0.25, -0.2) is 0 Å². The van der Waals surface area contributed by atoms with Crippen LogP contribution in [0.5, 0.6) is 0 Å². The van der Waals surface area contributed by atoms with Gasteiger partial charge in [-0.05, 0) is 96.1 Å². The lowest BCUT2D eigenvalue weighted by atomic mass is 10.0. The van der Waals surface area contributed by atoms with Crippen LogP contribution < -0.4 is 0 Å². The van der Waals surface area contributed by atoms with Crippen LogP contribution in [0.3, 0.4) is 0 Å². The number of fused-ring (bicyclic) bond motifs is 9. The van der Waals surface area contributed by atoms with Gasteiger partial charge in [-0.15, -0.1) is 0 Å². The predicted octanol–water partition coefficient (Wildman–Crippen LogP) is 12.5. The summed E-state index contributed by atoms with van der Waals surface area (Å²) in [5.74, 6) is 0. The number of rotatable bonds is 4. The summed E-state index contributed by atoms with van der Waals surface area (Å²) in [6.45, 7) is 0. The fourth-order valence-electron chi connectivity index (χ4n) is 8.55. The zero-order valence-corrected chi connectivity index (χ0v) is 28.6. The van der Waals surface area contributed by atoms with Crippen molar-refractivity contribution in [3.05, 3.63) is 188 Å². The van der Waals surface area contributed by atoms with Gasteiger partial charge in [0, 0.05) is 49.4 Å². The summed E-state index contributed by atoms with van der Waals surface area (Å²) in [6, 6.07) is 67.3. The van der Waals surface area contributed by atoms with Crippen LogP contribution in [-0.4, -0.2) is 13.7 Å². The number of benzene rings is 8. The Labute approximate surface area is 305 Å². The molecule has 4 nitrogen and oxygen atoms in total. The van der Waals surface area contributed by atoms with Crippen molar-refractivity contribution in [2.24, 2.45) is 0 Å². The number of nitrogens with zero attached hydrogens (tertiary/aromatic N) is 4. The maximum Gasteiger partial charge on any atom is 0.0991 e. The van der Waals surface area contributed by atoms with E-state index < -0.39 is 0 Å². The Kier molecular flexibility index (Phi) is 6.28. The second-order valence-corrected chi connectivity index (χ2v) is 13.7. The van der Waals surface area contributed by atoms with Gasteiger partial charge in [0.1, 0.15) is 0 Å². The molecule has 0 N–H and O–H groups in total. The summed E-state index contributed by atoms with van der Waals surface area (Å²) in [4.78, 5) is 0. The minimum atomic E-state index is 0.666. The number of para-hydroxylation sites is 4. The van der Waals surface area contributed by atoms with E-state index in [0.29, 0.717) is 5.56 Å². The molecule has 0 amide bonds. The first-order valence-corrected chi connectivity index (χ1v) is 17.9. The van der Waals surface area contributed by atoms with Crippen LogP contribution in [0.25, 0.3) is 93.6 Å². The van der Waals surface area contributed by atoms with E-state index in [0.717, 1.165) is 50.0 Å². The van der Waals surface area contributed by atoms with Crippen LogP contribution in [0.15, 0.2) is 182 Å². The molecule has 0 aliphatic heterocycles. The van der Waals surface area contributed by atoms with Crippen molar-refractivity contribution in [2.45, 2.75) is 0 Å². The average molecular weight is 675 g/mol. The third kappa shape index (κ3) is 4.35. The molecule has 0 bridgehead atoms. The van der Waals surface area contributed by atoms with Crippen LogP contribution in [0.4, 0.5) is 0 Å². The maximum atomic E-state index is 9.62. The van der Waals surface area contributed by atoms with Gasteiger partial charge in [0.05, 0.1) is 44.7 Å². The molecule has 0 atom stereocenters. The third-order valence-corrected chi connectivity index (χ3v) is 10.8. The first-order chi connectivity index (χ1) is 26.2. The average Bonchev–Trinajstić information content (AvgIpc) is 3.86. The molecular formula is C49H30N4. The van der Waals surface area contributed by atoms with Gasteiger partial charge in [0.2, 0.25) is 0 Å². The van der Waals surface area contributed by atoms with Crippen LogP contribution in [0.1, 0.15) is 5.56 Å². The molecule has 0 aliphatic carbocycles. The van der Waals surface area contributed by atoms with Crippen LogP contribution in [-0.2, 0) is 0 Å². The molecule has 3 heterocycles. The summed E-state index contributed by atoms with van der Waals surface area (Å²) in [6.07, 6.45) is 0. The summed E-state index contributed by atoms with van der Waals surface area (Å²) < 4.78 is 7.09. The molecule has 0 aliphatic rings. The van der Waals surface area contributed by atoms with E-state index in [1.165, 1.54) is 43.6 Å². The zero-order chi connectivity index (χ0) is 35.0. The normalized spacial score (nSPS) is 11.8. The van der Waals surface area contributed by atoms with E-state index in [-0.39, 0.29) is 0 Å². The Balaban J connectivity index is 1.07. The molecule has 53 heavy (non-hydrogen) atoms. The van der Waals surface area contributed by atoms with Crippen LogP contribution in [0, 0.1) is 11.3 Å². The first kappa shape index (κ1) is 29.4. The third-order valence-electron chi connectivity index (χ3n) is 10.8. The second-order valence-electron chi connectivity index (χ2n) is 13.7. The summed E-state index contributed by atoms with van der Waals surface area (Å²) in [5.41, 5.74) is 13.3. The van der Waals surface area contributed by atoms with E-state index >= 15 is 0 Å². The standard InChI is InChI=1S/C49H30N4/c50-31-32-23-25-48-42(27-32)40-17-3-7-21-46(40)51(48)35-13-9-11-33(28-35)34-12-10-14-36(29-34)52-47-22-8-4-18-41(47)43-30-37(24-26-49(43)52)53-44-19-5-1-15-38(44)39-16-2-6-20-45(39)53/h1-30H. The molecule has 0 radical (unpaired) electrons. The smallest absolute Gasteiger partial charge is 0.0991 e. The van der Waals surface area contributed by atoms with Crippen molar-refractivity contribution in [2.75, 3.05) is 0 Å². The molecule has 11 aromatic rings. The molecule has 8 aromatic carbocycles. The molecule has 3 aromatic heterocycles. The Hall–Kier alpha value is -7.35. The zero-order valence-electron chi connectivity index (χ0n) is 28.6. The Morgan fingerprint density at radius 3 is 1.15 bits per heavy atom. The number of nitriles is 1. The highest BCUT2D eigenvalue weighted by Gasteiger charge is 2.17. The number of hydrogen-bond acceptors (Lipinski definition) is 1. The highest BCUT2D eigenvalue weighted by Crippen LogP contribution is 2.38. The summed E-state index contributed by atoms with van der Waals surface area (Å²) >= 11 is 0. The van der Waals surface area contributed by atoms with Crippen molar-refractivity contribution in [3.8, 4) is 34.3 Å². The molecule has 11 rings (SSSR count). The lowest BCUT2D eigenvalue weighted by molar-refractivity contribution is 1.16. The molecule has 0 fully saturated rings. The maximum absolute atomic E-state index is 9.62. The Bertz CT molecular complexity index is 3260. The van der Waals surface area contributed by atoms with Crippen molar-refractivity contribution in [3.63, 3.8) is 0 Å². The highest BCUT2D eigenvalue weighted by atomic mass is 15.0. The fourth-order valence-corrected chi connectivity index (χ4v) is 8.55. The minimum absolute atomic E-state index is 0.666. The van der Waals surface area contributed by atoms with Crippen molar-refractivity contribution >= 4 is 65.4 Å². The largest absolute Gasteiger partial charge is 0.309 e. The second kappa shape index (κ2) is 11.3. The lowest BCUT2D eigenvalue weighted by Gasteiger charge is -2.13. The quantitative estimate of drug-likeness (QED) is 0.183. The Morgan fingerprint density at radius 2 is 0.679 bits per heavy atom. The van der Waals surface area contributed by atoms with E-state index in [2.05, 4.69) is 190 Å². The van der Waals surface area contributed by atoms with Crippen LogP contribution >= 0.6 is 0 Å². The van der Waals surface area contributed by atoms with Gasteiger partial charge >= 0.3 is 0 Å². The SMILES string of the molecule is N#Cc1ccc2c(c1)c1ccccc1n2-c1cccc(-c2cccc(-n3c4ccccc4c4cc(-n5c6ccccc6c6ccccc65)ccc43)c2)c1. The van der Waals surface area contributed by atoms with Gasteiger partial charge in [-0.2, -0.15) is 5.26 Å². The fraction of sp³-hybridized carbons (Fsp3) is 0. The monoisotopic (exact) mass is 674 g/mol. The molecule has 246 valence electrons. The highest BCUT2D eigenvalue weighted by molar-refractivity contribution is 6.13. The van der Waals surface area contributed by atoms with Crippen molar-refractivity contribution in [1.29, 1.82) is 5.26 Å². The summed E-state index contributed by atoms with van der Waals surface area (Å²) in [7, 11) is 0. The van der Waals surface area contributed by atoms with Gasteiger partial charge < -0.3 is 13.7 Å². The molecule has 0 saturated carbocycles. The van der Waals surface area contributed by atoms with Gasteiger partial charge in [0.15, 0.2) is 0 Å². The van der Waals surface area contributed by atoms with E-state index in [9.17, 15) is 5.26 Å². The molecule has 0 unspecified atom stereocenters. The Morgan fingerprint density at radius 1 is 0.302 bits per heavy atom. The molecule has 0 saturated heterocycles. The first-order valence-electron chi connectivity index (χ1n) is 17.9. The van der Waals surface area contributed by atoms with Crippen molar-refractivity contribution < 1.29 is 0 Å². The summed E-state index contributed by atoms with van der Waals surface area (Å²) in [5, 5.41) is 16.8. The van der Waals surface area contributed by atoms with Gasteiger partial charge in [-0.3, -0.25) is 0 Å². The predicted molar refractivity (Wildman–Crippen MR) is 220 cm³/mol. The van der Waals surface area contributed by atoms with Crippen LogP contribution in [0.2, 0.25) is 0 Å². The topological polar surface area (TPSA) is 38.6 Å². The molecule has 0 spiro atoms. The van der Waals surface area contributed by atoms with E-state index in [1.807, 2.05) is 12.1 Å². The minimum Gasteiger partial charge on any atom is -0.309 e. The lowest BCUT2D eigenvalue weighted by Crippen LogP contribution is -1.96. The number of aromatic nitrogens is 3. The van der Waals surface area contributed by atoms with Gasteiger partial charge in [0.25, 0.3) is 0 Å². The van der Waals surface area contributed by atoms with E-state index in [1.54, 1.807) is 0 Å². The molecule has 4 heteroatoms. The van der Waals surface area contributed by atoms with Gasteiger partial charge in [-0.1, -0.05) is 97.1 Å². The number of hydrogen-bond donors (Lipinski definition) is 0. The molecular weight excluding hydrogens is 645 g/mol.